The number of benzene rings is 1. The van der Waals surface area contributed by atoms with E-state index in [2.05, 4.69) is 10.6 Å². The third kappa shape index (κ3) is 5.28. The van der Waals surface area contributed by atoms with Crippen molar-refractivity contribution in [2.75, 3.05) is 13.1 Å². The number of hydrogen-bond donors (Lipinski definition) is 3. The van der Waals surface area contributed by atoms with Crippen LogP contribution in [-0.4, -0.2) is 30.4 Å². The largest absolute Gasteiger partial charge is 0.353 e. The first-order valence-electron chi connectivity index (χ1n) is 5.91. The van der Waals surface area contributed by atoms with Gasteiger partial charge in [0.2, 0.25) is 5.91 Å². The van der Waals surface area contributed by atoms with Crippen molar-refractivity contribution in [3.63, 3.8) is 0 Å². The van der Waals surface area contributed by atoms with Crippen LogP contribution in [0.5, 0.6) is 0 Å². The number of carbonyl (C=O) groups excluding carboxylic acids is 2. The molecule has 5 nitrogen and oxygen atoms in total. The second kappa shape index (κ2) is 6.54. The van der Waals surface area contributed by atoms with Crippen LogP contribution in [0.25, 0.3) is 0 Å². The summed E-state index contributed by atoms with van der Waals surface area (Å²) in [7, 11) is 0. The molecule has 0 bridgehead atoms. The van der Waals surface area contributed by atoms with Gasteiger partial charge in [-0.05, 0) is 38.1 Å². The molecular weight excluding hydrogens is 266 g/mol. The van der Waals surface area contributed by atoms with E-state index in [-0.39, 0.29) is 11.8 Å². The highest BCUT2D eigenvalue weighted by molar-refractivity contribution is 6.30. The molecule has 0 aromatic heterocycles. The average molecular weight is 284 g/mol. The number of rotatable bonds is 5. The van der Waals surface area contributed by atoms with E-state index in [1.807, 2.05) is 0 Å². The molecule has 0 heterocycles. The summed E-state index contributed by atoms with van der Waals surface area (Å²) < 4.78 is 0. The van der Waals surface area contributed by atoms with Crippen LogP contribution >= 0.6 is 11.6 Å². The minimum atomic E-state index is -0.916. The lowest BCUT2D eigenvalue weighted by molar-refractivity contribution is -0.125. The number of nitrogens with one attached hydrogen (secondary N) is 2. The van der Waals surface area contributed by atoms with E-state index >= 15 is 0 Å². The third-order valence-electron chi connectivity index (χ3n) is 2.39. The van der Waals surface area contributed by atoms with Gasteiger partial charge in [-0.3, -0.25) is 9.59 Å². The molecule has 1 aromatic rings. The SMILES string of the molecule is CC(C)(N)C(=O)NCCNC(=O)c1ccc(Cl)cc1. The Balaban J connectivity index is 2.32. The summed E-state index contributed by atoms with van der Waals surface area (Å²) in [6, 6.07) is 6.57. The van der Waals surface area contributed by atoms with Gasteiger partial charge in [0, 0.05) is 23.7 Å². The first-order valence-corrected chi connectivity index (χ1v) is 6.29. The standard InChI is InChI=1S/C13H18ClN3O2/c1-13(2,15)12(19)17-8-7-16-11(18)9-3-5-10(14)6-4-9/h3-6H,7-8,15H2,1-2H3,(H,16,18)(H,17,19). The van der Waals surface area contributed by atoms with E-state index in [9.17, 15) is 9.59 Å². The molecule has 0 fully saturated rings. The van der Waals surface area contributed by atoms with E-state index in [0.717, 1.165) is 0 Å². The molecule has 0 aliphatic carbocycles. The maximum atomic E-state index is 11.7. The normalized spacial score (nSPS) is 10.9. The molecule has 1 aromatic carbocycles. The van der Waals surface area contributed by atoms with Crippen molar-refractivity contribution in [3.05, 3.63) is 34.9 Å². The molecule has 104 valence electrons. The van der Waals surface area contributed by atoms with Gasteiger partial charge >= 0.3 is 0 Å². The van der Waals surface area contributed by atoms with Gasteiger partial charge in [-0.1, -0.05) is 11.6 Å². The van der Waals surface area contributed by atoms with Crippen molar-refractivity contribution >= 4 is 23.4 Å². The molecular formula is C13H18ClN3O2. The smallest absolute Gasteiger partial charge is 0.251 e. The van der Waals surface area contributed by atoms with E-state index < -0.39 is 5.54 Å². The Morgan fingerprint density at radius 2 is 1.68 bits per heavy atom. The fourth-order valence-corrected chi connectivity index (χ4v) is 1.41. The Morgan fingerprint density at radius 1 is 1.16 bits per heavy atom. The fourth-order valence-electron chi connectivity index (χ4n) is 1.28. The Hall–Kier alpha value is -1.59. The first-order chi connectivity index (χ1) is 8.80. The Bertz CT molecular complexity index is 452. The quantitative estimate of drug-likeness (QED) is 0.703. The van der Waals surface area contributed by atoms with Crippen molar-refractivity contribution in [3.8, 4) is 0 Å². The van der Waals surface area contributed by atoms with E-state index in [4.69, 9.17) is 17.3 Å². The van der Waals surface area contributed by atoms with Crippen molar-refractivity contribution in [2.24, 2.45) is 5.73 Å². The van der Waals surface area contributed by atoms with Gasteiger partial charge in [-0.15, -0.1) is 0 Å². The number of halogens is 1. The number of hydrogen-bond acceptors (Lipinski definition) is 3. The summed E-state index contributed by atoms with van der Waals surface area (Å²) in [5.41, 5.74) is 5.22. The van der Waals surface area contributed by atoms with Gasteiger partial charge in [-0.2, -0.15) is 0 Å². The van der Waals surface area contributed by atoms with Crippen LogP contribution in [0.4, 0.5) is 0 Å². The maximum absolute atomic E-state index is 11.7. The van der Waals surface area contributed by atoms with Crippen molar-refractivity contribution < 1.29 is 9.59 Å². The molecule has 0 aliphatic heterocycles. The van der Waals surface area contributed by atoms with E-state index in [0.29, 0.717) is 23.7 Å². The van der Waals surface area contributed by atoms with Crippen molar-refractivity contribution in [2.45, 2.75) is 19.4 Å². The van der Waals surface area contributed by atoms with E-state index in [1.165, 1.54) is 0 Å². The van der Waals surface area contributed by atoms with E-state index in [1.54, 1.807) is 38.1 Å². The molecule has 1 rings (SSSR count). The Morgan fingerprint density at radius 3 is 2.21 bits per heavy atom. The van der Waals surface area contributed by atoms with Crippen LogP contribution in [0.1, 0.15) is 24.2 Å². The molecule has 0 atom stereocenters. The van der Waals surface area contributed by atoms with Crippen LogP contribution < -0.4 is 16.4 Å². The lowest BCUT2D eigenvalue weighted by Gasteiger charge is -2.17. The molecule has 0 spiro atoms. The molecule has 0 radical (unpaired) electrons. The summed E-state index contributed by atoms with van der Waals surface area (Å²) in [5.74, 6) is -0.467. The number of nitrogens with two attached hydrogens (primary N) is 1. The maximum Gasteiger partial charge on any atom is 0.251 e. The van der Waals surface area contributed by atoms with Crippen molar-refractivity contribution in [1.29, 1.82) is 0 Å². The molecule has 4 N–H and O–H groups in total. The molecule has 0 saturated carbocycles. The second-order valence-corrected chi connectivity index (χ2v) is 5.18. The highest BCUT2D eigenvalue weighted by Gasteiger charge is 2.20. The Labute approximate surface area is 117 Å². The van der Waals surface area contributed by atoms with Crippen molar-refractivity contribution in [1.82, 2.24) is 10.6 Å². The topological polar surface area (TPSA) is 84.2 Å². The predicted octanol–water partition coefficient (Wildman–Crippen LogP) is 0.923. The van der Waals surface area contributed by atoms with Crippen LogP contribution in [0.15, 0.2) is 24.3 Å². The minimum absolute atomic E-state index is 0.210. The molecule has 0 unspecified atom stereocenters. The lowest BCUT2D eigenvalue weighted by atomic mass is 10.1. The summed E-state index contributed by atoms with van der Waals surface area (Å²) >= 11 is 5.73. The lowest BCUT2D eigenvalue weighted by Crippen LogP contribution is -2.50. The zero-order valence-electron chi connectivity index (χ0n) is 11.0. The third-order valence-corrected chi connectivity index (χ3v) is 2.64. The molecule has 0 saturated heterocycles. The molecule has 6 heteroatoms. The summed E-state index contributed by atoms with van der Waals surface area (Å²) in [6.45, 7) is 3.91. The monoisotopic (exact) mass is 283 g/mol. The molecule has 19 heavy (non-hydrogen) atoms. The number of carbonyl (C=O) groups is 2. The van der Waals surface area contributed by atoms with Crippen LogP contribution in [0.3, 0.4) is 0 Å². The van der Waals surface area contributed by atoms with Crippen LogP contribution in [0.2, 0.25) is 5.02 Å². The predicted molar refractivity (Wildman–Crippen MR) is 75.1 cm³/mol. The zero-order chi connectivity index (χ0) is 14.5. The van der Waals surface area contributed by atoms with Gasteiger partial charge in [0.15, 0.2) is 0 Å². The van der Waals surface area contributed by atoms with Gasteiger partial charge in [0.1, 0.15) is 0 Å². The zero-order valence-corrected chi connectivity index (χ0v) is 11.8. The highest BCUT2D eigenvalue weighted by Crippen LogP contribution is 2.09. The Kier molecular flexibility index (Phi) is 5.32. The fraction of sp³-hybridized carbons (Fsp3) is 0.385. The highest BCUT2D eigenvalue weighted by atomic mass is 35.5. The molecule has 2 amide bonds. The van der Waals surface area contributed by atoms with Gasteiger partial charge in [0.05, 0.1) is 5.54 Å². The van der Waals surface area contributed by atoms with Crippen LogP contribution in [-0.2, 0) is 4.79 Å². The van der Waals surface area contributed by atoms with Gasteiger partial charge in [-0.25, -0.2) is 0 Å². The van der Waals surface area contributed by atoms with Gasteiger partial charge in [0.25, 0.3) is 5.91 Å². The summed E-state index contributed by atoms with van der Waals surface area (Å²) in [5, 5.41) is 5.90. The van der Waals surface area contributed by atoms with Gasteiger partial charge < -0.3 is 16.4 Å². The minimum Gasteiger partial charge on any atom is -0.353 e. The molecule has 0 aliphatic rings. The second-order valence-electron chi connectivity index (χ2n) is 4.74. The summed E-state index contributed by atoms with van der Waals surface area (Å²) in [6.07, 6.45) is 0. The first kappa shape index (κ1) is 15.5. The average Bonchev–Trinajstić information content (AvgIpc) is 2.33. The summed E-state index contributed by atoms with van der Waals surface area (Å²) in [4.78, 5) is 23.2. The number of amides is 2. The van der Waals surface area contributed by atoms with Crippen LogP contribution in [0, 0.1) is 0 Å².